The van der Waals surface area contributed by atoms with E-state index in [1.807, 2.05) is 49.4 Å². The molecule has 3 aromatic rings. The van der Waals surface area contributed by atoms with Gasteiger partial charge < -0.3 is 4.90 Å². The van der Waals surface area contributed by atoms with E-state index in [1.165, 1.54) is 9.18 Å². The standard InChI is InChI=1S/C24H26N2O3S2/c1-19-12-15-22(30-19)17-25(16-20-8-4-2-5-9-20)24(27)18-26(21-13-14-21)31(28,29)23-10-6-3-7-11-23/h2-12,15,21H,13-14,16-18H2,1H3. The molecule has 0 unspecified atom stereocenters. The fourth-order valence-corrected chi connectivity index (χ4v) is 6.09. The second-order valence-electron chi connectivity index (χ2n) is 7.84. The van der Waals surface area contributed by atoms with Crippen LogP contribution in [0.3, 0.4) is 0 Å². The number of amides is 1. The Kier molecular flexibility index (Phi) is 6.55. The molecule has 1 saturated carbocycles. The summed E-state index contributed by atoms with van der Waals surface area (Å²) in [6.07, 6.45) is 1.59. The molecule has 1 amide bonds. The number of thiophene rings is 1. The number of carbonyl (C=O) groups is 1. The van der Waals surface area contributed by atoms with E-state index in [0.717, 1.165) is 23.3 Å². The van der Waals surface area contributed by atoms with E-state index < -0.39 is 10.0 Å². The van der Waals surface area contributed by atoms with Gasteiger partial charge in [-0.15, -0.1) is 11.3 Å². The van der Waals surface area contributed by atoms with E-state index in [2.05, 4.69) is 0 Å². The van der Waals surface area contributed by atoms with Crippen molar-refractivity contribution in [2.24, 2.45) is 0 Å². The smallest absolute Gasteiger partial charge is 0.243 e. The van der Waals surface area contributed by atoms with E-state index in [9.17, 15) is 13.2 Å². The van der Waals surface area contributed by atoms with Crippen molar-refractivity contribution in [3.8, 4) is 0 Å². The fourth-order valence-electron chi connectivity index (χ4n) is 3.53. The first-order valence-electron chi connectivity index (χ1n) is 10.4. The number of rotatable bonds is 9. The minimum atomic E-state index is -3.72. The summed E-state index contributed by atoms with van der Waals surface area (Å²) in [7, 11) is -3.72. The van der Waals surface area contributed by atoms with Crippen LogP contribution in [0.15, 0.2) is 77.7 Å². The van der Waals surface area contributed by atoms with Crippen LogP contribution >= 0.6 is 11.3 Å². The Morgan fingerprint density at radius 1 is 0.935 bits per heavy atom. The van der Waals surface area contributed by atoms with Crippen LogP contribution in [0.5, 0.6) is 0 Å². The van der Waals surface area contributed by atoms with Gasteiger partial charge in [-0.1, -0.05) is 48.5 Å². The van der Waals surface area contributed by atoms with Crippen molar-refractivity contribution >= 4 is 27.3 Å². The lowest BCUT2D eigenvalue weighted by Gasteiger charge is -2.27. The Morgan fingerprint density at radius 3 is 2.16 bits per heavy atom. The third-order valence-corrected chi connectivity index (χ3v) is 8.20. The van der Waals surface area contributed by atoms with Crippen LogP contribution in [0.2, 0.25) is 0 Å². The predicted octanol–water partition coefficient (Wildman–Crippen LogP) is 4.44. The molecular weight excluding hydrogens is 428 g/mol. The first-order valence-corrected chi connectivity index (χ1v) is 12.6. The molecule has 0 spiro atoms. The maximum absolute atomic E-state index is 13.4. The zero-order chi connectivity index (χ0) is 21.8. The van der Waals surface area contributed by atoms with E-state index in [1.54, 1.807) is 46.6 Å². The van der Waals surface area contributed by atoms with E-state index >= 15 is 0 Å². The highest BCUT2D eigenvalue weighted by Gasteiger charge is 2.40. The van der Waals surface area contributed by atoms with Crippen LogP contribution in [0.4, 0.5) is 0 Å². The van der Waals surface area contributed by atoms with Gasteiger partial charge in [-0.25, -0.2) is 8.42 Å². The molecule has 1 aliphatic carbocycles. The second kappa shape index (κ2) is 9.34. The summed E-state index contributed by atoms with van der Waals surface area (Å²) in [5.41, 5.74) is 1.02. The summed E-state index contributed by atoms with van der Waals surface area (Å²) < 4.78 is 27.9. The molecule has 4 rings (SSSR count). The molecule has 0 atom stereocenters. The lowest BCUT2D eigenvalue weighted by molar-refractivity contribution is -0.132. The van der Waals surface area contributed by atoms with Gasteiger partial charge in [-0.2, -0.15) is 4.31 Å². The molecule has 2 aromatic carbocycles. The number of benzene rings is 2. The number of nitrogens with zero attached hydrogens (tertiary/aromatic N) is 2. The molecule has 0 aliphatic heterocycles. The van der Waals surface area contributed by atoms with Gasteiger partial charge in [0.15, 0.2) is 0 Å². The number of aryl methyl sites for hydroxylation is 1. The molecule has 0 N–H and O–H groups in total. The van der Waals surface area contributed by atoms with Gasteiger partial charge in [0, 0.05) is 22.3 Å². The molecular formula is C24H26N2O3S2. The SMILES string of the molecule is Cc1ccc(CN(Cc2ccccc2)C(=O)CN(C2CC2)S(=O)(=O)c2ccccc2)s1. The van der Waals surface area contributed by atoms with Crippen molar-refractivity contribution in [2.75, 3.05) is 6.54 Å². The summed E-state index contributed by atoms with van der Waals surface area (Å²) in [5, 5.41) is 0. The Morgan fingerprint density at radius 2 is 1.58 bits per heavy atom. The van der Waals surface area contributed by atoms with Crippen molar-refractivity contribution in [1.29, 1.82) is 0 Å². The van der Waals surface area contributed by atoms with Gasteiger partial charge in [0.25, 0.3) is 0 Å². The molecule has 0 saturated heterocycles. The molecule has 31 heavy (non-hydrogen) atoms. The van der Waals surface area contributed by atoms with Crippen LogP contribution in [0, 0.1) is 6.92 Å². The Labute approximate surface area is 188 Å². The Balaban J connectivity index is 1.57. The van der Waals surface area contributed by atoms with Crippen molar-refractivity contribution in [3.05, 3.63) is 88.1 Å². The molecule has 162 valence electrons. The molecule has 1 fully saturated rings. The molecule has 7 heteroatoms. The van der Waals surface area contributed by atoms with E-state index in [4.69, 9.17) is 0 Å². The van der Waals surface area contributed by atoms with Gasteiger partial charge >= 0.3 is 0 Å². The summed E-state index contributed by atoms with van der Waals surface area (Å²) in [6, 6.07) is 22.2. The minimum Gasteiger partial charge on any atom is -0.332 e. The number of sulfonamides is 1. The van der Waals surface area contributed by atoms with Crippen molar-refractivity contribution in [1.82, 2.24) is 9.21 Å². The van der Waals surface area contributed by atoms with Crippen LogP contribution in [0.25, 0.3) is 0 Å². The molecule has 0 radical (unpaired) electrons. The van der Waals surface area contributed by atoms with Crippen LogP contribution in [-0.2, 0) is 27.9 Å². The Hall–Kier alpha value is -2.48. The minimum absolute atomic E-state index is 0.100. The topological polar surface area (TPSA) is 57.7 Å². The van der Waals surface area contributed by atoms with Gasteiger partial charge in [0.05, 0.1) is 18.0 Å². The first kappa shape index (κ1) is 21.7. The number of hydrogen-bond acceptors (Lipinski definition) is 4. The van der Waals surface area contributed by atoms with Crippen molar-refractivity contribution in [3.63, 3.8) is 0 Å². The average molecular weight is 455 g/mol. The monoisotopic (exact) mass is 454 g/mol. The molecule has 0 bridgehead atoms. The normalized spacial score (nSPS) is 14.0. The third kappa shape index (κ3) is 5.42. The largest absolute Gasteiger partial charge is 0.332 e. The highest BCUT2D eigenvalue weighted by Crippen LogP contribution is 2.32. The fraction of sp³-hybridized carbons (Fsp3) is 0.292. The maximum atomic E-state index is 13.4. The lowest BCUT2D eigenvalue weighted by Crippen LogP contribution is -2.43. The summed E-state index contributed by atoms with van der Waals surface area (Å²) in [6.45, 7) is 2.81. The number of carbonyl (C=O) groups excluding carboxylic acids is 1. The number of hydrogen-bond donors (Lipinski definition) is 0. The second-order valence-corrected chi connectivity index (χ2v) is 11.1. The van der Waals surface area contributed by atoms with Gasteiger partial charge in [0.1, 0.15) is 0 Å². The van der Waals surface area contributed by atoms with E-state index in [0.29, 0.717) is 13.1 Å². The lowest BCUT2D eigenvalue weighted by atomic mass is 10.2. The Bertz CT molecular complexity index is 1120. The summed E-state index contributed by atoms with van der Waals surface area (Å²) >= 11 is 1.66. The predicted molar refractivity (Wildman–Crippen MR) is 123 cm³/mol. The summed E-state index contributed by atoms with van der Waals surface area (Å²) in [5.74, 6) is -0.179. The van der Waals surface area contributed by atoms with Gasteiger partial charge in [-0.3, -0.25) is 4.79 Å². The zero-order valence-electron chi connectivity index (χ0n) is 17.5. The van der Waals surface area contributed by atoms with Crippen LogP contribution in [-0.4, -0.2) is 36.1 Å². The van der Waals surface area contributed by atoms with E-state index in [-0.39, 0.29) is 23.4 Å². The van der Waals surface area contributed by atoms with Crippen molar-refractivity contribution < 1.29 is 13.2 Å². The first-order chi connectivity index (χ1) is 14.9. The molecule has 1 aromatic heterocycles. The van der Waals surface area contributed by atoms with Gasteiger partial charge in [0.2, 0.25) is 15.9 Å². The molecule has 1 aliphatic rings. The van der Waals surface area contributed by atoms with Crippen molar-refractivity contribution in [2.45, 2.75) is 43.8 Å². The molecule has 1 heterocycles. The summed E-state index contributed by atoms with van der Waals surface area (Å²) in [4.78, 5) is 17.7. The highest BCUT2D eigenvalue weighted by molar-refractivity contribution is 7.89. The quantitative estimate of drug-likeness (QED) is 0.480. The van der Waals surface area contributed by atoms with Crippen LogP contribution < -0.4 is 0 Å². The zero-order valence-corrected chi connectivity index (χ0v) is 19.1. The van der Waals surface area contributed by atoms with Gasteiger partial charge in [-0.05, 0) is 49.6 Å². The third-order valence-electron chi connectivity index (χ3n) is 5.31. The maximum Gasteiger partial charge on any atom is 0.243 e. The van der Waals surface area contributed by atoms with Crippen LogP contribution in [0.1, 0.15) is 28.2 Å². The highest BCUT2D eigenvalue weighted by atomic mass is 32.2. The molecule has 5 nitrogen and oxygen atoms in total. The average Bonchev–Trinajstić information content (AvgIpc) is 3.53.